The molecule has 2 aromatic heterocycles. The molecule has 0 unspecified atom stereocenters. The van der Waals surface area contributed by atoms with Crippen LogP contribution in [0.1, 0.15) is 10.4 Å². The lowest BCUT2D eigenvalue weighted by molar-refractivity contribution is 0.0939. The molecule has 1 amide bonds. The second kappa shape index (κ2) is 10.2. The Balaban J connectivity index is 1.83. The Morgan fingerprint density at radius 2 is 1.68 bits per heavy atom. The van der Waals surface area contributed by atoms with Gasteiger partial charge in [-0.15, -0.1) is 0 Å². The van der Waals surface area contributed by atoms with Crippen molar-refractivity contribution in [2.45, 2.75) is 4.90 Å². The van der Waals surface area contributed by atoms with Gasteiger partial charge < -0.3 is 10.1 Å². The van der Waals surface area contributed by atoms with E-state index in [1.807, 2.05) is 12.1 Å². The number of carbonyl (C=O) groups excluding carboxylic acids is 1. The summed E-state index contributed by atoms with van der Waals surface area (Å²) < 4.78 is 36.1. The van der Waals surface area contributed by atoms with Crippen LogP contribution < -0.4 is 10.0 Å². The predicted molar refractivity (Wildman–Crippen MR) is 143 cm³/mol. The number of methoxy groups -OCH3 is 1. The first kappa shape index (κ1) is 24.7. The monoisotopic (exact) mass is 535 g/mol. The molecule has 188 valence electrons. The molecule has 3 aromatic carbocycles. The maximum absolute atomic E-state index is 13.5. The van der Waals surface area contributed by atoms with Gasteiger partial charge in [-0.05, 0) is 42.5 Å². The minimum atomic E-state index is -4.09. The van der Waals surface area contributed by atoms with Gasteiger partial charge in [0.2, 0.25) is 0 Å². The maximum atomic E-state index is 13.5. The number of halogens is 1. The van der Waals surface area contributed by atoms with Crippen molar-refractivity contribution in [3.05, 3.63) is 89.4 Å². The lowest BCUT2D eigenvalue weighted by Crippen LogP contribution is -2.28. The number of nitrogens with zero attached hydrogens (tertiary/aromatic N) is 3. The van der Waals surface area contributed by atoms with Gasteiger partial charge in [0.15, 0.2) is 5.65 Å². The molecule has 2 heterocycles. The predicted octanol–water partition coefficient (Wildman–Crippen LogP) is 4.40. The number of para-hydroxylation sites is 2. The Bertz CT molecular complexity index is 1720. The molecule has 0 saturated heterocycles. The first-order chi connectivity index (χ1) is 17.9. The third-order valence-corrected chi connectivity index (χ3v) is 7.22. The van der Waals surface area contributed by atoms with Gasteiger partial charge in [-0.1, -0.05) is 48.0 Å². The van der Waals surface area contributed by atoms with Gasteiger partial charge in [0.25, 0.3) is 15.9 Å². The van der Waals surface area contributed by atoms with Gasteiger partial charge in [-0.2, -0.15) is 0 Å². The summed E-state index contributed by atoms with van der Waals surface area (Å²) in [5.41, 5.74) is 2.21. The average Bonchev–Trinajstić information content (AvgIpc) is 3.19. The number of aromatic nitrogens is 3. The van der Waals surface area contributed by atoms with Gasteiger partial charge in [0.1, 0.15) is 16.9 Å². The molecule has 0 radical (unpaired) electrons. The van der Waals surface area contributed by atoms with E-state index in [9.17, 15) is 13.2 Å². The highest BCUT2D eigenvalue weighted by molar-refractivity contribution is 7.92. The molecular formula is C26H22ClN5O4S. The lowest BCUT2D eigenvalue weighted by Gasteiger charge is -2.14. The van der Waals surface area contributed by atoms with Crippen molar-refractivity contribution in [3.63, 3.8) is 0 Å². The third-order valence-electron chi connectivity index (χ3n) is 5.63. The van der Waals surface area contributed by atoms with Crippen molar-refractivity contribution >= 4 is 55.5 Å². The molecule has 0 fully saturated rings. The summed E-state index contributed by atoms with van der Waals surface area (Å²) in [6.07, 6.45) is 0. The number of benzene rings is 3. The standard InChI is InChI=1S/C26H22ClN5O4S/c1-36-15-14-28-26(33)22-23-25(30-21-13-6-5-12-20(21)29-23)32(18-9-7-8-17(27)16-18)24(22)31-37(34,35)19-10-3-2-4-11-19/h2-13,16,31H,14-15H2,1H3,(H,28,33). The summed E-state index contributed by atoms with van der Waals surface area (Å²) in [5.74, 6) is -0.537. The molecule has 0 atom stereocenters. The smallest absolute Gasteiger partial charge is 0.263 e. The first-order valence-electron chi connectivity index (χ1n) is 11.3. The Morgan fingerprint density at radius 3 is 2.38 bits per heavy atom. The van der Waals surface area contributed by atoms with Crippen LogP contribution >= 0.6 is 11.6 Å². The van der Waals surface area contributed by atoms with Crippen LogP contribution in [-0.4, -0.2) is 49.1 Å². The molecule has 0 aliphatic carbocycles. The summed E-state index contributed by atoms with van der Waals surface area (Å²) in [6, 6.07) is 21.9. The van der Waals surface area contributed by atoms with Gasteiger partial charge in [-0.25, -0.2) is 18.4 Å². The summed E-state index contributed by atoms with van der Waals surface area (Å²) >= 11 is 6.29. The number of amides is 1. The zero-order chi connectivity index (χ0) is 26.0. The molecule has 37 heavy (non-hydrogen) atoms. The molecule has 2 N–H and O–H groups in total. The Morgan fingerprint density at radius 1 is 0.973 bits per heavy atom. The highest BCUT2D eigenvalue weighted by Crippen LogP contribution is 2.35. The highest BCUT2D eigenvalue weighted by Gasteiger charge is 2.29. The lowest BCUT2D eigenvalue weighted by atomic mass is 10.2. The fourth-order valence-electron chi connectivity index (χ4n) is 3.96. The molecule has 0 spiro atoms. The summed E-state index contributed by atoms with van der Waals surface area (Å²) in [6.45, 7) is 0.490. The SMILES string of the molecule is COCCNC(=O)c1c(NS(=O)(=O)c2ccccc2)n(-c2cccc(Cl)c2)c2nc3ccccc3nc12. The van der Waals surface area contributed by atoms with E-state index in [1.54, 1.807) is 59.2 Å². The van der Waals surface area contributed by atoms with Gasteiger partial charge in [-0.3, -0.25) is 14.1 Å². The van der Waals surface area contributed by atoms with E-state index in [4.69, 9.17) is 26.3 Å². The molecule has 0 bridgehead atoms. The number of anilines is 1. The number of nitrogens with one attached hydrogen (secondary N) is 2. The largest absolute Gasteiger partial charge is 0.383 e. The van der Waals surface area contributed by atoms with Crippen LogP contribution in [0.4, 0.5) is 5.82 Å². The van der Waals surface area contributed by atoms with Gasteiger partial charge in [0, 0.05) is 18.7 Å². The summed E-state index contributed by atoms with van der Waals surface area (Å²) in [7, 11) is -2.57. The summed E-state index contributed by atoms with van der Waals surface area (Å²) in [5, 5.41) is 3.20. The van der Waals surface area contributed by atoms with Gasteiger partial charge in [0.05, 0.1) is 28.2 Å². The fraction of sp³-hybridized carbons (Fsp3) is 0.115. The minimum absolute atomic E-state index is 0.00802. The maximum Gasteiger partial charge on any atom is 0.263 e. The second-order valence-electron chi connectivity index (χ2n) is 8.09. The molecule has 0 aliphatic heterocycles. The molecular weight excluding hydrogens is 514 g/mol. The van der Waals surface area contributed by atoms with E-state index in [0.717, 1.165) is 0 Å². The number of rotatable bonds is 8. The van der Waals surface area contributed by atoms with E-state index in [1.165, 1.54) is 19.2 Å². The number of sulfonamides is 1. The topological polar surface area (TPSA) is 115 Å². The Hall–Kier alpha value is -3.99. The summed E-state index contributed by atoms with van der Waals surface area (Å²) in [4.78, 5) is 23.0. The van der Waals surface area contributed by atoms with E-state index < -0.39 is 15.9 Å². The van der Waals surface area contributed by atoms with Crippen LogP contribution in [0.25, 0.3) is 27.9 Å². The van der Waals surface area contributed by atoms with E-state index in [2.05, 4.69) is 10.0 Å². The number of hydrogen-bond donors (Lipinski definition) is 2. The molecule has 5 aromatic rings. The molecule has 11 heteroatoms. The van der Waals surface area contributed by atoms with Crippen LogP contribution in [0.2, 0.25) is 5.02 Å². The van der Waals surface area contributed by atoms with Crippen molar-refractivity contribution in [2.75, 3.05) is 25.0 Å². The Labute approximate surface area is 218 Å². The zero-order valence-corrected chi connectivity index (χ0v) is 21.3. The van der Waals surface area contributed by atoms with E-state index >= 15 is 0 Å². The van der Waals surface area contributed by atoms with Crippen LogP contribution in [-0.2, 0) is 14.8 Å². The van der Waals surface area contributed by atoms with Gasteiger partial charge >= 0.3 is 0 Å². The average molecular weight is 536 g/mol. The number of ether oxygens (including phenoxy) is 1. The molecule has 5 rings (SSSR count). The third kappa shape index (κ3) is 4.86. The number of fused-ring (bicyclic) bond motifs is 2. The fourth-order valence-corrected chi connectivity index (χ4v) is 5.23. The first-order valence-corrected chi connectivity index (χ1v) is 13.2. The second-order valence-corrected chi connectivity index (χ2v) is 10.2. The van der Waals surface area contributed by atoms with Crippen LogP contribution in [0.5, 0.6) is 0 Å². The number of carbonyl (C=O) groups is 1. The van der Waals surface area contributed by atoms with Crippen LogP contribution in [0, 0.1) is 0 Å². The minimum Gasteiger partial charge on any atom is -0.383 e. The number of hydrogen-bond acceptors (Lipinski definition) is 6. The van der Waals surface area contributed by atoms with Crippen molar-refractivity contribution in [3.8, 4) is 5.69 Å². The zero-order valence-electron chi connectivity index (χ0n) is 19.7. The molecule has 0 saturated carbocycles. The molecule has 9 nitrogen and oxygen atoms in total. The Kier molecular flexibility index (Phi) is 6.79. The van der Waals surface area contributed by atoms with E-state index in [0.29, 0.717) is 27.4 Å². The normalized spacial score (nSPS) is 11.6. The van der Waals surface area contributed by atoms with E-state index in [-0.39, 0.29) is 34.9 Å². The van der Waals surface area contributed by atoms with Crippen LogP contribution in [0.3, 0.4) is 0 Å². The van der Waals surface area contributed by atoms with Crippen LogP contribution in [0.15, 0.2) is 83.8 Å². The molecule has 0 aliphatic rings. The highest BCUT2D eigenvalue weighted by atomic mass is 35.5. The van der Waals surface area contributed by atoms with Crippen molar-refractivity contribution in [1.29, 1.82) is 0 Å². The van der Waals surface area contributed by atoms with Crippen molar-refractivity contribution < 1.29 is 17.9 Å². The quantitative estimate of drug-likeness (QED) is 0.284. The van der Waals surface area contributed by atoms with Crippen molar-refractivity contribution in [1.82, 2.24) is 19.9 Å². The van der Waals surface area contributed by atoms with Crippen molar-refractivity contribution in [2.24, 2.45) is 0 Å².